The molecule has 4 rings (SSSR count). The van der Waals surface area contributed by atoms with Crippen LogP contribution in [0.5, 0.6) is 0 Å². The number of fused-ring (bicyclic) bond motifs is 2. The molecule has 9 heteroatoms. The molecule has 3 saturated heterocycles. The number of nitro benzene ring substituents is 1. The molecule has 4 atom stereocenters. The van der Waals surface area contributed by atoms with E-state index in [1.165, 1.54) is 12.1 Å². The summed E-state index contributed by atoms with van der Waals surface area (Å²) in [6.45, 7) is 1.08. The third kappa shape index (κ3) is 2.97. The molecule has 0 spiro atoms. The minimum absolute atomic E-state index is 0.0214. The molecule has 1 aromatic rings. The number of hydrogen-bond acceptors (Lipinski definition) is 5. The van der Waals surface area contributed by atoms with Gasteiger partial charge < -0.3 is 15.1 Å². The lowest BCUT2D eigenvalue weighted by atomic mass is 9.72. The quantitative estimate of drug-likeness (QED) is 0.604. The number of non-ortho nitro benzene ring substituents is 1. The monoisotopic (exact) mass is 393 g/mol. The summed E-state index contributed by atoms with van der Waals surface area (Å²) in [5.41, 5.74) is -0.608. The molecule has 28 heavy (non-hydrogen) atoms. The Hall–Kier alpha value is -2.42. The van der Waals surface area contributed by atoms with E-state index >= 15 is 0 Å². The van der Waals surface area contributed by atoms with E-state index in [1.807, 2.05) is 4.90 Å². The van der Waals surface area contributed by atoms with Crippen LogP contribution in [0, 0.1) is 21.8 Å². The Labute approximate surface area is 161 Å². The van der Waals surface area contributed by atoms with Crippen LogP contribution in [0.15, 0.2) is 18.2 Å². The van der Waals surface area contributed by atoms with Gasteiger partial charge in [-0.1, -0.05) is 0 Å². The number of aliphatic hydroxyl groups excluding tert-OH is 1. The highest BCUT2D eigenvalue weighted by Crippen LogP contribution is 2.51. The Morgan fingerprint density at radius 3 is 2.82 bits per heavy atom. The third-order valence-corrected chi connectivity index (χ3v) is 6.76. The maximum Gasteiger partial charge on any atom is 0.408 e. The van der Waals surface area contributed by atoms with Crippen LogP contribution in [-0.2, 0) is 0 Å². The van der Waals surface area contributed by atoms with Crippen molar-refractivity contribution < 1.29 is 24.3 Å². The number of nitrogens with zero attached hydrogens (tertiary/aromatic N) is 3. The van der Waals surface area contributed by atoms with Crippen molar-refractivity contribution in [3.63, 3.8) is 0 Å². The Morgan fingerprint density at radius 1 is 1.36 bits per heavy atom. The molecule has 152 valence electrons. The lowest BCUT2D eigenvalue weighted by molar-refractivity contribution is -0.385. The summed E-state index contributed by atoms with van der Waals surface area (Å²) >= 11 is 0. The second kappa shape index (κ2) is 6.88. The fraction of sp³-hybridized carbons (Fsp3) is 0.632. The fourth-order valence-corrected chi connectivity index (χ4v) is 5.67. The van der Waals surface area contributed by atoms with Crippen molar-refractivity contribution in [3.8, 4) is 0 Å². The Bertz CT molecular complexity index is 806. The van der Waals surface area contributed by atoms with Gasteiger partial charge in [0.15, 0.2) is 5.82 Å². The van der Waals surface area contributed by atoms with E-state index in [2.05, 4.69) is 0 Å². The molecule has 1 aromatic carbocycles. The van der Waals surface area contributed by atoms with Crippen LogP contribution < -0.4 is 4.90 Å². The molecular weight excluding hydrogens is 369 g/mol. The maximum atomic E-state index is 14.5. The number of anilines is 1. The first-order valence-electron chi connectivity index (χ1n) is 9.71. The second-order valence-corrected chi connectivity index (χ2v) is 8.22. The van der Waals surface area contributed by atoms with E-state index in [0.29, 0.717) is 38.0 Å². The maximum absolute atomic E-state index is 14.5. The molecule has 2 bridgehead atoms. The van der Waals surface area contributed by atoms with Crippen LogP contribution >= 0.6 is 0 Å². The van der Waals surface area contributed by atoms with Gasteiger partial charge in [-0.15, -0.1) is 0 Å². The molecule has 0 saturated carbocycles. The molecule has 8 nitrogen and oxygen atoms in total. The van der Waals surface area contributed by atoms with Gasteiger partial charge in [0.25, 0.3) is 5.69 Å². The first kappa shape index (κ1) is 18.9. The average Bonchev–Trinajstić information content (AvgIpc) is 2.91. The molecule has 0 radical (unpaired) electrons. The van der Waals surface area contributed by atoms with Crippen LogP contribution in [0.3, 0.4) is 0 Å². The molecule has 4 unspecified atom stereocenters. The van der Waals surface area contributed by atoms with Gasteiger partial charge in [-0.3, -0.25) is 15.0 Å². The fourth-order valence-electron chi connectivity index (χ4n) is 5.67. The number of nitro groups is 1. The van der Waals surface area contributed by atoms with Crippen LogP contribution in [0.1, 0.15) is 38.5 Å². The SMILES string of the molecule is O=C(O)N1C2CCC1(C1CCCN(c3ccc([N+](=O)[O-])cc3F)C1)CC(O)C2. The molecule has 2 N–H and O–H groups in total. The molecule has 3 aliphatic rings. The number of hydrogen-bond donors (Lipinski definition) is 2. The van der Waals surface area contributed by atoms with E-state index in [-0.39, 0.29) is 17.6 Å². The Kier molecular flexibility index (Phi) is 4.65. The molecule has 3 heterocycles. The van der Waals surface area contributed by atoms with Crippen molar-refractivity contribution >= 4 is 17.5 Å². The van der Waals surface area contributed by atoms with Gasteiger partial charge >= 0.3 is 6.09 Å². The third-order valence-electron chi connectivity index (χ3n) is 6.76. The molecular formula is C19H24FN3O5. The van der Waals surface area contributed by atoms with Gasteiger partial charge in [0.1, 0.15) is 0 Å². The van der Waals surface area contributed by atoms with Crippen LogP contribution in [0.2, 0.25) is 0 Å². The number of benzene rings is 1. The van der Waals surface area contributed by atoms with Crippen LogP contribution in [0.4, 0.5) is 20.6 Å². The first-order valence-corrected chi connectivity index (χ1v) is 9.71. The zero-order valence-corrected chi connectivity index (χ0v) is 15.5. The topological polar surface area (TPSA) is 107 Å². The number of piperidine rings is 2. The number of amides is 1. The summed E-state index contributed by atoms with van der Waals surface area (Å²) in [4.78, 5) is 25.6. The number of halogens is 1. The summed E-state index contributed by atoms with van der Waals surface area (Å²) in [6.07, 6.45) is 2.46. The lowest BCUT2D eigenvalue weighted by Gasteiger charge is -2.52. The summed E-state index contributed by atoms with van der Waals surface area (Å²) < 4.78 is 14.5. The highest BCUT2D eigenvalue weighted by molar-refractivity contribution is 5.68. The highest BCUT2D eigenvalue weighted by Gasteiger charge is 2.57. The standard InChI is InChI=1S/C19H24FN3O5/c20-16-9-14(23(27)28)3-4-17(16)21-7-1-2-12(11-21)19-6-5-13(8-15(24)10-19)22(19)18(25)26/h3-4,9,12-13,15,24H,1-2,5-8,10-11H2,(H,25,26). The second-order valence-electron chi connectivity index (χ2n) is 8.22. The number of rotatable bonds is 3. The molecule has 0 aromatic heterocycles. The molecule has 3 fully saturated rings. The van der Waals surface area contributed by atoms with Crippen molar-refractivity contribution in [2.45, 2.75) is 56.2 Å². The van der Waals surface area contributed by atoms with Crippen molar-refractivity contribution in [1.82, 2.24) is 4.90 Å². The summed E-state index contributed by atoms with van der Waals surface area (Å²) in [6, 6.07) is 3.49. The van der Waals surface area contributed by atoms with Gasteiger partial charge in [-0.2, -0.15) is 0 Å². The zero-order valence-electron chi connectivity index (χ0n) is 15.5. The lowest BCUT2D eigenvalue weighted by Crippen LogP contribution is -2.62. The highest BCUT2D eigenvalue weighted by atomic mass is 19.1. The minimum Gasteiger partial charge on any atom is -0.465 e. The van der Waals surface area contributed by atoms with Crippen LogP contribution in [0.25, 0.3) is 0 Å². The average molecular weight is 393 g/mol. The number of carbonyl (C=O) groups is 1. The summed E-state index contributed by atoms with van der Waals surface area (Å²) in [5, 5.41) is 31.0. The minimum atomic E-state index is -0.951. The van der Waals surface area contributed by atoms with Crippen molar-refractivity contribution in [1.29, 1.82) is 0 Å². The van der Waals surface area contributed by atoms with Crippen molar-refractivity contribution in [3.05, 3.63) is 34.1 Å². The van der Waals surface area contributed by atoms with Gasteiger partial charge in [0, 0.05) is 31.1 Å². The van der Waals surface area contributed by atoms with E-state index in [1.54, 1.807) is 4.90 Å². The molecule has 0 aliphatic carbocycles. The zero-order chi connectivity index (χ0) is 20.1. The summed E-state index contributed by atoms with van der Waals surface area (Å²) in [7, 11) is 0. The molecule has 3 aliphatic heterocycles. The van der Waals surface area contributed by atoms with E-state index in [9.17, 15) is 29.5 Å². The van der Waals surface area contributed by atoms with Crippen molar-refractivity contribution in [2.24, 2.45) is 5.92 Å². The smallest absolute Gasteiger partial charge is 0.408 e. The van der Waals surface area contributed by atoms with Gasteiger partial charge in [-0.05, 0) is 44.6 Å². The summed E-state index contributed by atoms with van der Waals surface area (Å²) in [5.74, 6) is -0.665. The largest absolute Gasteiger partial charge is 0.465 e. The molecule has 1 amide bonds. The van der Waals surface area contributed by atoms with Crippen molar-refractivity contribution in [2.75, 3.05) is 18.0 Å². The van der Waals surface area contributed by atoms with E-state index < -0.39 is 28.5 Å². The van der Waals surface area contributed by atoms with Gasteiger partial charge in [0.05, 0.1) is 28.3 Å². The van der Waals surface area contributed by atoms with Gasteiger partial charge in [-0.25, -0.2) is 9.18 Å². The number of aliphatic hydroxyl groups is 1. The predicted octanol–water partition coefficient (Wildman–Crippen LogP) is 2.99. The van der Waals surface area contributed by atoms with E-state index in [0.717, 1.165) is 25.3 Å². The van der Waals surface area contributed by atoms with E-state index in [4.69, 9.17) is 0 Å². The first-order chi connectivity index (χ1) is 13.3. The normalized spacial score (nSPS) is 32.4. The number of carboxylic acid groups (broad SMARTS) is 1. The van der Waals surface area contributed by atoms with Crippen LogP contribution in [-0.4, -0.2) is 56.9 Å². The Balaban J connectivity index is 1.61. The predicted molar refractivity (Wildman–Crippen MR) is 98.8 cm³/mol. The Morgan fingerprint density at radius 2 is 2.14 bits per heavy atom. The van der Waals surface area contributed by atoms with Gasteiger partial charge in [0.2, 0.25) is 0 Å².